The molecule has 0 bridgehead atoms. The van der Waals surface area contributed by atoms with Gasteiger partial charge in [0, 0.05) is 36.3 Å². The van der Waals surface area contributed by atoms with Gasteiger partial charge in [0.2, 0.25) is 0 Å². The van der Waals surface area contributed by atoms with Crippen molar-refractivity contribution in [2.75, 3.05) is 13.2 Å². The summed E-state index contributed by atoms with van der Waals surface area (Å²) in [7, 11) is 0. The fraction of sp³-hybridized carbons (Fsp3) is 0.875. The molecule has 0 saturated carbocycles. The monoisotopic (exact) mass is 212 g/mol. The van der Waals surface area contributed by atoms with Crippen molar-refractivity contribution in [2.24, 2.45) is 0 Å². The van der Waals surface area contributed by atoms with E-state index in [1.54, 1.807) is 0 Å². The van der Waals surface area contributed by atoms with Crippen LogP contribution in [0.25, 0.3) is 0 Å². The van der Waals surface area contributed by atoms with Gasteiger partial charge in [-0.15, -0.1) is 0 Å². The number of hydrogen-bond acceptors (Lipinski definition) is 1. The van der Waals surface area contributed by atoms with Crippen molar-refractivity contribution in [2.45, 2.75) is 32.6 Å². The van der Waals surface area contributed by atoms with E-state index in [4.69, 9.17) is 4.74 Å². The van der Waals surface area contributed by atoms with E-state index in [-0.39, 0.29) is 58.5 Å². The van der Waals surface area contributed by atoms with Gasteiger partial charge in [-0.25, -0.2) is 0 Å². The van der Waals surface area contributed by atoms with E-state index >= 15 is 0 Å². The molecule has 2 radical (unpaired) electrons. The van der Waals surface area contributed by atoms with Gasteiger partial charge in [0.1, 0.15) is 0 Å². The molecule has 4 heteroatoms. The summed E-state index contributed by atoms with van der Waals surface area (Å²) in [6.07, 6.45) is 4.83. The third kappa shape index (κ3) is 22.6. The van der Waals surface area contributed by atoms with Crippen molar-refractivity contribution < 1.29 is 17.1 Å². The SMILES string of the molecule is C1CCOC1.[CH2-]CCC.[Cl-].[Mg+2].[Mg]. The minimum Gasteiger partial charge on any atom is -1.00 e. The van der Waals surface area contributed by atoms with Crippen molar-refractivity contribution in [3.63, 3.8) is 0 Å². The summed E-state index contributed by atoms with van der Waals surface area (Å²) in [6.45, 7) is 7.72. The first-order chi connectivity index (χ1) is 4.41. The number of ether oxygens (including phenoxy) is 1. The van der Waals surface area contributed by atoms with E-state index in [1.165, 1.54) is 19.3 Å². The van der Waals surface area contributed by atoms with Crippen molar-refractivity contribution in [3.05, 3.63) is 6.92 Å². The van der Waals surface area contributed by atoms with Gasteiger partial charge in [0.15, 0.2) is 0 Å². The number of rotatable bonds is 1. The smallest absolute Gasteiger partial charge is 1.00 e. The molecule has 0 amide bonds. The zero-order chi connectivity index (χ0) is 6.95. The third-order valence-electron chi connectivity index (χ3n) is 1.18. The maximum atomic E-state index is 4.94. The molecule has 1 fully saturated rings. The predicted octanol–water partition coefficient (Wildman–Crippen LogP) is -1.34. The first kappa shape index (κ1) is 23.5. The number of unbranched alkanes of at least 4 members (excludes halogenated alkanes) is 1. The topological polar surface area (TPSA) is 9.23 Å². The van der Waals surface area contributed by atoms with Crippen molar-refractivity contribution in [1.82, 2.24) is 0 Å². The number of hydrogen-bond donors (Lipinski definition) is 0. The molecule has 1 heterocycles. The molecule has 1 aliphatic rings. The molecule has 0 N–H and O–H groups in total. The van der Waals surface area contributed by atoms with Gasteiger partial charge in [-0.1, -0.05) is 13.3 Å². The molecule has 1 nitrogen and oxygen atoms in total. The maximum absolute atomic E-state index is 4.94. The second-order valence-electron chi connectivity index (χ2n) is 2.17. The fourth-order valence-corrected chi connectivity index (χ4v) is 0.510. The molecule has 1 rings (SSSR count). The van der Waals surface area contributed by atoms with Crippen molar-refractivity contribution in [3.8, 4) is 0 Å². The first-order valence-corrected chi connectivity index (χ1v) is 3.78. The number of halogens is 1. The zero-order valence-electron chi connectivity index (χ0n) is 8.15. The molecule has 0 atom stereocenters. The van der Waals surface area contributed by atoms with Gasteiger partial charge < -0.3 is 24.1 Å². The van der Waals surface area contributed by atoms with Gasteiger partial charge in [-0.3, -0.25) is 0 Å². The Morgan fingerprint density at radius 2 is 1.58 bits per heavy atom. The van der Waals surface area contributed by atoms with E-state index in [0.29, 0.717) is 0 Å². The molecule has 0 aromatic heterocycles. The maximum Gasteiger partial charge on any atom is 2.00 e. The van der Waals surface area contributed by atoms with Crippen LogP contribution >= 0.6 is 0 Å². The molecular weight excluding hydrogens is 196 g/mol. The van der Waals surface area contributed by atoms with E-state index in [2.05, 4.69) is 13.8 Å². The van der Waals surface area contributed by atoms with E-state index in [1.807, 2.05) is 0 Å². The van der Waals surface area contributed by atoms with E-state index in [9.17, 15) is 0 Å². The van der Waals surface area contributed by atoms with Crippen LogP contribution in [0, 0.1) is 6.92 Å². The molecular formula is C8H17ClMg2O. The molecule has 0 unspecified atom stereocenters. The van der Waals surface area contributed by atoms with Crippen molar-refractivity contribution >= 4 is 46.1 Å². The van der Waals surface area contributed by atoms with Crippen LogP contribution in [-0.2, 0) is 4.74 Å². The molecule has 0 aromatic carbocycles. The Morgan fingerprint density at radius 3 is 1.67 bits per heavy atom. The Balaban J connectivity index is -0.0000000436. The second-order valence-corrected chi connectivity index (χ2v) is 2.17. The van der Waals surface area contributed by atoms with Crippen molar-refractivity contribution in [1.29, 1.82) is 0 Å². The predicted molar refractivity (Wildman–Crippen MR) is 51.8 cm³/mol. The van der Waals surface area contributed by atoms with E-state index < -0.39 is 0 Å². The van der Waals surface area contributed by atoms with Crippen LogP contribution in [0.5, 0.6) is 0 Å². The summed E-state index contributed by atoms with van der Waals surface area (Å²) in [5, 5.41) is 0. The molecule has 66 valence electrons. The van der Waals surface area contributed by atoms with Gasteiger partial charge in [0.25, 0.3) is 0 Å². The summed E-state index contributed by atoms with van der Waals surface area (Å²) < 4.78 is 4.94. The summed E-state index contributed by atoms with van der Waals surface area (Å²) in [5.74, 6) is 0. The Labute approximate surface area is 115 Å². The molecule has 0 aromatic rings. The van der Waals surface area contributed by atoms with Gasteiger partial charge in [-0.05, 0) is 12.8 Å². The summed E-state index contributed by atoms with van der Waals surface area (Å²) in [5.41, 5.74) is 0. The standard InChI is InChI=1S/C4H8O.C4H9.ClH.2Mg/c1-2-4-5-3-1;1-3-4-2;;;/h1-4H2;1,3-4H2,2H3;1H;;/q;-1;;;+2/p-1. The normalized spacial score (nSPS) is 12.5. The average molecular weight is 213 g/mol. The van der Waals surface area contributed by atoms with Crippen LogP contribution < -0.4 is 12.4 Å². The average Bonchev–Trinajstić information content (AvgIpc) is 2.43. The van der Waals surface area contributed by atoms with Crippen LogP contribution in [0.2, 0.25) is 0 Å². The van der Waals surface area contributed by atoms with Crippen LogP contribution in [0.1, 0.15) is 32.6 Å². The molecule has 0 spiro atoms. The van der Waals surface area contributed by atoms with E-state index in [0.717, 1.165) is 19.6 Å². The molecule has 0 aliphatic carbocycles. The third-order valence-corrected chi connectivity index (χ3v) is 1.18. The largest absolute Gasteiger partial charge is 2.00 e. The first-order valence-electron chi connectivity index (χ1n) is 3.78. The Kier molecular flexibility index (Phi) is 45.1. The fourth-order valence-electron chi connectivity index (χ4n) is 0.510. The Hall–Kier alpha value is 1.78. The quantitative estimate of drug-likeness (QED) is 0.387. The minimum absolute atomic E-state index is 0. The zero-order valence-corrected chi connectivity index (χ0v) is 11.7. The van der Waals surface area contributed by atoms with Crippen LogP contribution in [0.15, 0.2) is 0 Å². The summed E-state index contributed by atoms with van der Waals surface area (Å²) >= 11 is 0. The summed E-state index contributed by atoms with van der Waals surface area (Å²) in [6, 6.07) is 0. The molecule has 1 aliphatic heterocycles. The van der Waals surface area contributed by atoms with Gasteiger partial charge in [-0.2, -0.15) is 6.42 Å². The Morgan fingerprint density at radius 1 is 1.25 bits per heavy atom. The summed E-state index contributed by atoms with van der Waals surface area (Å²) in [4.78, 5) is 0. The van der Waals surface area contributed by atoms with Gasteiger partial charge >= 0.3 is 23.1 Å². The molecule has 12 heavy (non-hydrogen) atoms. The minimum atomic E-state index is 0. The molecule has 1 saturated heterocycles. The van der Waals surface area contributed by atoms with Gasteiger partial charge in [0.05, 0.1) is 0 Å². The Bertz CT molecular complexity index is 42.7. The van der Waals surface area contributed by atoms with Crippen LogP contribution in [0.3, 0.4) is 0 Å². The second kappa shape index (κ2) is 23.0. The van der Waals surface area contributed by atoms with Crippen LogP contribution in [-0.4, -0.2) is 59.3 Å². The van der Waals surface area contributed by atoms with Crippen LogP contribution in [0.4, 0.5) is 0 Å².